The molecule has 7 nitrogen and oxygen atoms in total. The highest BCUT2D eigenvalue weighted by Crippen LogP contribution is 2.52. The molecule has 176 valence electrons. The van der Waals surface area contributed by atoms with Crippen molar-refractivity contribution in [2.24, 2.45) is 11.8 Å². The molecule has 2 fully saturated rings. The van der Waals surface area contributed by atoms with Gasteiger partial charge in [-0.15, -0.1) is 0 Å². The SMILES string of the molecule is O=C(COc1cc(Cl)c(Cl)cc1Cl)NC[C@@]12C=C[C@@H](O1)[C@H]1C(=O)N(c3ccc(F)cc3)C(=O)[C@@H]12. The van der Waals surface area contributed by atoms with Gasteiger partial charge in [0.1, 0.15) is 17.2 Å². The molecule has 4 atom stereocenters. The van der Waals surface area contributed by atoms with Crippen LogP contribution in [0.1, 0.15) is 0 Å². The molecule has 0 radical (unpaired) electrons. The van der Waals surface area contributed by atoms with Crippen molar-refractivity contribution in [1.29, 1.82) is 0 Å². The number of carbonyl (C=O) groups is 3. The Labute approximate surface area is 208 Å². The highest BCUT2D eigenvalue weighted by molar-refractivity contribution is 6.43. The van der Waals surface area contributed by atoms with Crippen LogP contribution in [0.25, 0.3) is 0 Å². The number of hydrogen-bond donors (Lipinski definition) is 1. The van der Waals surface area contributed by atoms with E-state index in [1.807, 2.05) is 0 Å². The Morgan fingerprint density at radius 3 is 2.53 bits per heavy atom. The summed E-state index contributed by atoms with van der Waals surface area (Å²) < 4.78 is 24.7. The Kier molecular flexibility index (Phi) is 5.80. The minimum atomic E-state index is -1.17. The highest BCUT2D eigenvalue weighted by atomic mass is 35.5. The first-order valence-corrected chi connectivity index (χ1v) is 11.4. The Balaban J connectivity index is 1.27. The Hall–Kier alpha value is -2.65. The maximum Gasteiger partial charge on any atom is 0.258 e. The van der Waals surface area contributed by atoms with Gasteiger partial charge < -0.3 is 14.8 Å². The molecular weight excluding hydrogens is 510 g/mol. The number of fused-ring (bicyclic) bond motifs is 5. The molecule has 0 spiro atoms. The molecule has 11 heteroatoms. The summed E-state index contributed by atoms with van der Waals surface area (Å²) >= 11 is 17.9. The van der Waals surface area contributed by atoms with Crippen molar-refractivity contribution >= 4 is 58.2 Å². The normalized spacial score (nSPS) is 26.8. The Morgan fingerprint density at radius 2 is 1.79 bits per heavy atom. The predicted octanol–water partition coefficient (Wildman–Crippen LogP) is 3.79. The molecule has 3 heterocycles. The van der Waals surface area contributed by atoms with Gasteiger partial charge in [0.2, 0.25) is 11.8 Å². The van der Waals surface area contributed by atoms with E-state index in [1.165, 1.54) is 36.4 Å². The molecule has 2 aromatic carbocycles. The fourth-order valence-electron chi connectivity index (χ4n) is 4.60. The molecule has 0 unspecified atom stereocenters. The van der Waals surface area contributed by atoms with Gasteiger partial charge in [0.15, 0.2) is 6.61 Å². The lowest BCUT2D eigenvalue weighted by molar-refractivity contribution is -0.129. The largest absolute Gasteiger partial charge is 0.482 e. The number of anilines is 1. The maximum atomic E-state index is 13.3. The van der Waals surface area contributed by atoms with Gasteiger partial charge in [-0.05, 0) is 30.3 Å². The molecule has 0 saturated carbocycles. The van der Waals surface area contributed by atoms with Crippen LogP contribution in [0.4, 0.5) is 10.1 Å². The van der Waals surface area contributed by atoms with Crippen molar-refractivity contribution in [3.8, 4) is 5.75 Å². The predicted molar refractivity (Wildman–Crippen MR) is 123 cm³/mol. The average Bonchev–Trinajstić information content (AvgIpc) is 3.45. The van der Waals surface area contributed by atoms with Crippen LogP contribution in [0, 0.1) is 17.7 Å². The monoisotopic (exact) mass is 524 g/mol. The van der Waals surface area contributed by atoms with Crippen LogP contribution in [0.2, 0.25) is 15.1 Å². The third-order valence-corrected chi connectivity index (χ3v) is 7.15. The molecule has 2 saturated heterocycles. The standard InChI is InChI=1S/C23H16Cl3FN2O5/c24-13-7-15(26)17(8-14(13)25)33-9-18(30)28-10-23-6-5-16(34-23)19-20(23)22(32)29(21(19)31)12-3-1-11(27)2-4-12/h1-8,16,19-20H,9-10H2,(H,28,30)/t16-,19-,20-,23-/m1/s1. The lowest BCUT2D eigenvalue weighted by Gasteiger charge is -2.29. The maximum absolute atomic E-state index is 13.3. The van der Waals surface area contributed by atoms with Crippen molar-refractivity contribution in [3.05, 3.63) is 69.4 Å². The van der Waals surface area contributed by atoms with Crippen molar-refractivity contribution < 1.29 is 28.2 Å². The first kappa shape index (κ1) is 23.1. The van der Waals surface area contributed by atoms with E-state index in [9.17, 15) is 18.8 Å². The van der Waals surface area contributed by atoms with Gasteiger partial charge in [-0.1, -0.05) is 47.0 Å². The number of hydrogen-bond acceptors (Lipinski definition) is 5. The third-order valence-electron chi connectivity index (χ3n) is 6.14. The summed E-state index contributed by atoms with van der Waals surface area (Å²) in [4.78, 5) is 39.8. The van der Waals surface area contributed by atoms with E-state index in [0.717, 1.165) is 4.90 Å². The van der Waals surface area contributed by atoms with Gasteiger partial charge in [0, 0.05) is 6.07 Å². The third kappa shape index (κ3) is 3.75. The van der Waals surface area contributed by atoms with Gasteiger partial charge >= 0.3 is 0 Å². The van der Waals surface area contributed by atoms with Gasteiger partial charge in [0.05, 0.1) is 45.2 Å². The molecule has 0 aliphatic carbocycles. The van der Waals surface area contributed by atoms with Crippen molar-refractivity contribution in [2.45, 2.75) is 11.7 Å². The van der Waals surface area contributed by atoms with E-state index in [-0.39, 0.29) is 39.7 Å². The molecule has 3 aliphatic heterocycles. The molecule has 2 bridgehead atoms. The summed E-state index contributed by atoms with van der Waals surface area (Å²) in [7, 11) is 0. The Bertz CT molecular complexity index is 1240. The lowest BCUT2D eigenvalue weighted by Crippen LogP contribution is -2.49. The number of benzene rings is 2. The topological polar surface area (TPSA) is 84.9 Å². The molecular formula is C23H16Cl3FN2O5. The Morgan fingerprint density at radius 1 is 1.09 bits per heavy atom. The van der Waals surface area contributed by atoms with Crippen molar-refractivity contribution in [1.82, 2.24) is 5.32 Å². The van der Waals surface area contributed by atoms with Crippen LogP contribution >= 0.6 is 34.8 Å². The fourth-order valence-corrected chi connectivity index (χ4v) is 5.19. The van der Waals surface area contributed by atoms with E-state index in [4.69, 9.17) is 44.3 Å². The number of nitrogens with zero attached hydrogens (tertiary/aromatic N) is 1. The van der Waals surface area contributed by atoms with Crippen molar-refractivity contribution in [2.75, 3.05) is 18.1 Å². The minimum absolute atomic E-state index is 0.0469. The quantitative estimate of drug-likeness (QED) is 0.352. The number of carbonyl (C=O) groups excluding carboxylic acids is 3. The van der Waals surface area contributed by atoms with Gasteiger partial charge in [-0.25, -0.2) is 9.29 Å². The van der Waals surface area contributed by atoms with Crippen LogP contribution in [0.5, 0.6) is 5.75 Å². The minimum Gasteiger partial charge on any atom is -0.482 e. The fraction of sp³-hybridized carbons (Fsp3) is 0.261. The highest BCUT2D eigenvalue weighted by Gasteiger charge is 2.67. The lowest BCUT2D eigenvalue weighted by atomic mass is 9.77. The van der Waals surface area contributed by atoms with E-state index >= 15 is 0 Å². The van der Waals surface area contributed by atoms with Gasteiger partial charge in [-0.2, -0.15) is 0 Å². The van der Waals surface area contributed by atoms with Crippen LogP contribution in [-0.2, 0) is 19.1 Å². The number of rotatable bonds is 6. The molecule has 34 heavy (non-hydrogen) atoms. The number of ether oxygens (including phenoxy) is 2. The van der Waals surface area contributed by atoms with Crippen LogP contribution < -0.4 is 15.0 Å². The number of halogens is 4. The number of imide groups is 1. The number of amides is 3. The van der Waals surface area contributed by atoms with Gasteiger partial charge in [-0.3, -0.25) is 14.4 Å². The summed E-state index contributed by atoms with van der Waals surface area (Å²) in [5.74, 6) is -3.18. The molecule has 3 amide bonds. The zero-order valence-corrected chi connectivity index (χ0v) is 19.5. The zero-order valence-electron chi connectivity index (χ0n) is 17.3. The summed E-state index contributed by atoms with van der Waals surface area (Å²) in [6.45, 7) is -0.418. The summed E-state index contributed by atoms with van der Waals surface area (Å²) in [5.41, 5.74) is -0.885. The average molecular weight is 526 g/mol. The first-order valence-electron chi connectivity index (χ1n) is 10.2. The number of nitrogens with one attached hydrogen (secondary N) is 1. The summed E-state index contributed by atoms with van der Waals surface area (Å²) in [5, 5.41) is 3.37. The molecule has 3 aliphatic rings. The second-order valence-electron chi connectivity index (χ2n) is 8.15. The van der Waals surface area contributed by atoms with E-state index in [1.54, 1.807) is 12.2 Å². The van der Waals surface area contributed by atoms with Crippen LogP contribution in [-0.4, -0.2) is 42.6 Å². The van der Waals surface area contributed by atoms with E-state index in [0.29, 0.717) is 0 Å². The first-order chi connectivity index (χ1) is 16.2. The summed E-state index contributed by atoms with van der Waals surface area (Å²) in [6, 6.07) is 7.93. The smallest absolute Gasteiger partial charge is 0.258 e. The second-order valence-corrected chi connectivity index (χ2v) is 9.37. The van der Waals surface area contributed by atoms with Crippen LogP contribution in [0.3, 0.4) is 0 Å². The van der Waals surface area contributed by atoms with Crippen molar-refractivity contribution in [3.63, 3.8) is 0 Å². The second kappa shape index (κ2) is 8.53. The zero-order chi connectivity index (χ0) is 24.2. The van der Waals surface area contributed by atoms with Crippen LogP contribution in [0.15, 0.2) is 48.6 Å². The molecule has 1 N–H and O–H groups in total. The molecule has 2 aromatic rings. The molecule has 5 rings (SSSR count). The summed E-state index contributed by atoms with van der Waals surface area (Å²) in [6.07, 6.45) is 2.84. The van der Waals surface area contributed by atoms with E-state index < -0.39 is 47.1 Å². The molecule has 0 aromatic heterocycles. The van der Waals surface area contributed by atoms with Gasteiger partial charge in [0.25, 0.3) is 5.91 Å². The van der Waals surface area contributed by atoms with E-state index in [2.05, 4.69) is 5.32 Å².